The van der Waals surface area contributed by atoms with E-state index in [1.165, 1.54) is 24.9 Å². The summed E-state index contributed by atoms with van der Waals surface area (Å²) >= 11 is 0. The van der Waals surface area contributed by atoms with E-state index in [4.69, 9.17) is 0 Å². The summed E-state index contributed by atoms with van der Waals surface area (Å²) in [4.78, 5) is 23.1. The van der Waals surface area contributed by atoms with Crippen molar-refractivity contribution in [1.29, 1.82) is 0 Å². The Kier molecular flexibility index (Phi) is 4.05. The number of carbonyl (C=O) groups is 1. The molecule has 1 aliphatic rings. The van der Waals surface area contributed by atoms with E-state index in [0.29, 0.717) is 5.78 Å². The van der Waals surface area contributed by atoms with Crippen LogP contribution in [-0.2, 0) is 0 Å². The van der Waals surface area contributed by atoms with Gasteiger partial charge in [0.25, 0.3) is 11.7 Å². The Morgan fingerprint density at radius 2 is 1.84 bits per heavy atom. The van der Waals surface area contributed by atoms with Crippen LogP contribution < -0.4 is 10.2 Å². The summed E-state index contributed by atoms with van der Waals surface area (Å²) in [6.45, 7) is 4.09. The summed E-state index contributed by atoms with van der Waals surface area (Å²) in [6, 6.07) is 9.75. The quantitative estimate of drug-likeness (QED) is 0.796. The van der Waals surface area contributed by atoms with E-state index in [1.807, 2.05) is 37.3 Å². The Bertz CT molecular complexity index is 896. The van der Waals surface area contributed by atoms with Crippen molar-refractivity contribution in [3.05, 3.63) is 48.0 Å². The Hall–Kier alpha value is -2.96. The van der Waals surface area contributed by atoms with Crippen LogP contribution in [0.2, 0.25) is 0 Å². The number of fused-ring (bicyclic) bond motifs is 1. The van der Waals surface area contributed by atoms with Crippen LogP contribution >= 0.6 is 0 Å². The minimum Gasteiger partial charge on any atom is -0.372 e. The summed E-state index contributed by atoms with van der Waals surface area (Å²) in [6.07, 6.45) is 5.45. The number of nitrogens with one attached hydrogen (secondary N) is 1. The van der Waals surface area contributed by atoms with Crippen molar-refractivity contribution in [2.24, 2.45) is 0 Å². The number of rotatable bonds is 3. The molecule has 4 rings (SSSR count). The predicted octanol–water partition coefficient (Wildman–Crippen LogP) is 2.68. The molecule has 1 amide bonds. The van der Waals surface area contributed by atoms with Crippen LogP contribution in [0.5, 0.6) is 0 Å². The van der Waals surface area contributed by atoms with Crippen LogP contribution in [0.25, 0.3) is 5.78 Å². The van der Waals surface area contributed by atoms with Crippen LogP contribution in [-0.4, -0.2) is 38.6 Å². The molecule has 3 heterocycles. The first-order valence-corrected chi connectivity index (χ1v) is 8.55. The third-order valence-electron chi connectivity index (χ3n) is 4.48. The largest absolute Gasteiger partial charge is 0.372 e. The summed E-state index contributed by atoms with van der Waals surface area (Å²) in [5.41, 5.74) is 2.81. The fraction of sp³-hybridized carbons (Fsp3) is 0.333. The van der Waals surface area contributed by atoms with Gasteiger partial charge in [-0.3, -0.25) is 4.79 Å². The maximum Gasteiger partial charge on any atom is 0.295 e. The fourth-order valence-electron chi connectivity index (χ4n) is 3.10. The van der Waals surface area contributed by atoms with Crippen LogP contribution in [0.15, 0.2) is 36.5 Å². The van der Waals surface area contributed by atoms with Gasteiger partial charge in [-0.05, 0) is 56.5 Å². The monoisotopic (exact) mass is 336 g/mol. The number of hydrogen-bond donors (Lipinski definition) is 1. The molecule has 1 fully saturated rings. The molecular formula is C18H20N6O. The molecule has 128 valence electrons. The van der Waals surface area contributed by atoms with Crippen molar-refractivity contribution in [2.45, 2.75) is 26.2 Å². The van der Waals surface area contributed by atoms with Crippen LogP contribution in [0.3, 0.4) is 0 Å². The van der Waals surface area contributed by atoms with Crippen molar-refractivity contribution >= 4 is 23.1 Å². The van der Waals surface area contributed by atoms with Crippen molar-refractivity contribution in [3.63, 3.8) is 0 Å². The molecule has 25 heavy (non-hydrogen) atoms. The molecule has 1 N–H and O–H groups in total. The highest BCUT2D eigenvalue weighted by molar-refractivity contribution is 6.01. The number of anilines is 2. The zero-order chi connectivity index (χ0) is 17.2. The molecular weight excluding hydrogens is 316 g/mol. The second-order valence-corrected chi connectivity index (χ2v) is 6.28. The second kappa shape index (κ2) is 6.51. The first kappa shape index (κ1) is 15.6. The number of carbonyl (C=O) groups excluding carboxylic acids is 1. The zero-order valence-electron chi connectivity index (χ0n) is 14.1. The topological polar surface area (TPSA) is 75.4 Å². The Labute approximate surface area is 145 Å². The van der Waals surface area contributed by atoms with E-state index in [1.54, 1.807) is 10.7 Å². The minimum absolute atomic E-state index is 0.113. The predicted molar refractivity (Wildman–Crippen MR) is 96.0 cm³/mol. The second-order valence-electron chi connectivity index (χ2n) is 6.28. The average molecular weight is 336 g/mol. The molecule has 0 aliphatic carbocycles. The number of piperidine rings is 1. The van der Waals surface area contributed by atoms with E-state index in [0.717, 1.165) is 24.5 Å². The van der Waals surface area contributed by atoms with E-state index < -0.39 is 0 Å². The summed E-state index contributed by atoms with van der Waals surface area (Å²) in [5, 5.41) is 7.07. The molecule has 1 aromatic carbocycles. The number of hydrogen-bond acceptors (Lipinski definition) is 5. The van der Waals surface area contributed by atoms with Gasteiger partial charge >= 0.3 is 0 Å². The van der Waals surface area contributed by atoms with Gasteiger partial charge in [0.2, 0.25) is 5.82 Å². The molecule has 7 nitrogen and oxygen atoms in total. The Balaban J connectivity index is 1.49. The van der Waals surface area contributed by atoms with Gasteiger partial charge in [-0.1, -0.05) is 0 Å². The summed E-state index contributed by atoms with van der Waals surface area (Å²) in [5.74, 6) is 0.197. The number of benzene rings is 1. The van der Waals surface area contributed by atoms with E-state index in [-0.39, 0.29) is 11.7 Å². The van der Waals surface area contributed by atoms with E-state index in [9.17, 15) is 4.79 Å². The third-order valence-corrected chi connectivity index (χ3v) is 4.48. The molecule has 7 heteroatoms. The van der Waals surface area contributed by atoms with Gasteiger partial charge in [0, 0.05) is 36.4 Å². The molecule has 0 unspecified atom stereocenters. The van der Waals surface area contributed by atoms with Gasteiger partial charge < -0.3 is 10.2 Å². The normalized spacial score (nSPS) is 14.7. The lowest BCUT2D eigenvalue weighted by Gasteiger charge is -2.28. The first-order chi connectivity index (χ1) is 12.2. The third kappa shape index (κ3) is 3.17. The van der Waals surface area contributed by atoms with Crippen LogP contribution in [0.1, 0.15) is 35.6 Å². The SMILES string of the molecule is Cc1ccnc2nc(C(=O)Nc3ccc(N4CCCCC4)cc3)nn12. The van der Waals surface area contributed by atoms with Gasteiger partial charge in [-0.25, -0.2) is 9.50 Å². The molecule has 0 radical (unpaired) electrons. The standard InChI is InChI=1S/C18H20N6O/c1-13-9-10-19-18-21-16(22-24(13)18)17(25)20-14-5-7-15(8-6-14)23-11-3-2-4-12-23/h5-10H,2-4,11-12H2,1H3,(H,20,25). The van der Waals surface area contributed by atoms with Gasteiger partial charge in [0.1, 0.15) is 0 Å². The van der Waals surface area contributed by atoms with Crippen LogP contribution in [0.4, 0.5) is 11.4 Å². The lowest BCUT2D eigenvalue weighted by atomic mass is 10.1. The average Bonchev–Trinajstić information content (AvgIpc) is 3.09. The van der Waals surface area contributed by atoms with Gasteiger partial charge in [0.15, 0.2) is 0 Å². The molecule has 0 spiro atoms. The first-order valence-electron chi connectivity index (χ1n) is 8.55. The molecule has 0 atom stereocenters. The van der Waals surface area contributed by atoms with Crippen molar-refractivity contribution in [2.75, 3.05) is 23.3 Å². The van der Waals surface area contributed by atoms with Crippen molar-refractivity contribution in [1.82, 2.24) is 19.6 Å². The lowest BCUT2D eigenvalue weighted by Crippen LogP contribution is -2.29. The highest BCUT2D eigenvalue weighted by Gasteiger charge is 2.15. The molecule has 1 aliphatic heterocycles. The molecule has 0 bridgehead atoms. The Morgan fingerprint density at radius 3 is 2.56 bits per heavy atom. The highest BCUT2D eigenvalue weighted by Crippen LogP contribution is 2.22. The van der Waals surface area contributed by atoms with Crippen LogP contribution in [0, 0.1) is 6.92 Å². The maximum absolute atomic E-state index is 12.4. The molecule has 3 aromatic rings. The highest BCUT2D eigenvalue weighted by atomic mass is 16.2. The zero-order valence-corrected chi connectivity index (χ0v) is 14.1. The summed E-state index contributed by atoms with van der Waals surface area (Å²) < 4.78 is 1.56. The molecule has 2 aromatic heterocycles. The molecule has 0 saturated carbocycles. The number of amides is 1. The van der Waals surface area contributed by atoms with E-state index in [2.05, 4.69) is 25.3 Å². The summed E-state index contributed by atoms with van der Waals surface area (Å²) in [7, 11) is 0. The number of nitrogens with zero attached hydrogens (tertiary/aromatic N) is 5. The van der Waals surface area contributed by atoms with Gasteiger partial charge in [-0.15, -0.1) is 5.10 Å². The fourth-order valence-corrected chi connectivity index (χ4v) is 3.10. The van der Waals surface area contributed by atoms with E-state index >= 15 is 0 Å². The van der Waals surface area contributed by atoms with Gasteiger partial charge in [0.05, 0.1) is 0 Å². The number of aromatic nitrogens is 4. The van der Waals surface area contributed by atoms with Crippen molar-refractivity contribution < 1.29 is 4.79 Å². The van der Waals surface area contributed by atoms with Gasteiger partial charge in [-0.2, -0.15) is 4.98 Å². The molecule has 1 saturated heterocycles. The smallest absolute Gasteiger partial charge is 0.295 e. The minimum atomic E-state index is -0.337. The van der Waals surface area contributed by atoms with Crippen molar-refractivity contribution in [3.8, 4) is 0 Å². The number of aryl methyl sites for hydroxylation is 1. The maximum atomic E-state index is 12.4. The lowest BCUT2D eigenvalue weighted by molar-refractivity contribution is 0.101. The Morgan fingerprint density at radius 1 is 1.08 bits per heavy atom.